The van der Waals surface area contributed by atoms with Crippen LogP contribution in [0.4, 0.5) is 0 Å². The van der Waals surface area contributed by atoms with Gasteiger partial charge in [-0.05, 0) is 34.6 Å². The van der Waals surface area contributed by atoms with Crippen molar-refractivity contribution in [2.45, 2.75) is 46.3 Å². The molecule has 0 aromatic carbocycles. The minimum atomic E-state index is -0.656. The van der Waals surface area contributed by atoms with Crippen LogP contribution in [0.1, 0.15) is 34.6 Å². The molecule has 0 saturated carbocycles. The molecule has 0 saturated heterocycles. The summed E-state index contributed by atoms with van der Waals surface area (Å²) in [5.74, 6) is -0.758. The van der Waals surface area contributed by atoms with Crippen molar-refractivity contribution in [3.8, 4) is 0 Å². The second kappa shape index (κ2) is 6.89. The summed E-state index contributed by atoms with van der Waals surface area (Å²) in [6.07, 6.45) is 6.51. The first-order valence-electron chi connectivity index (χ1n) is 5.59. The first-order chi connectivity index (χ1) is 7.76. The first kappa shape index (κ1) is 15.4. The van der Waals surface area contributed by atoms with Crippen LogP contribution in [0.2, 0.25) is 0 Å². The van der Waals surface area contributed by atoms with Crippen molar-refractivity contribution in [3.05, 3.63) is 24.3 Å². The molecule has 96 valence electrons. The van der Waals surface area contributed by atoms with Gasteiger partial charge in [-0.2, -0.15) is 0 Å². The van der Waals surface area contributed by atoms with Gasteiger partial charge in [0, 0.05) is 6.08 Å². The summed E-state index contributed by atoms with van der Waals surface area (Å²) >= 11 is 0. The van der Waals surface area contributed by atoms with E-state index in [1.54, 1.807) is 45.9 Å². The number of carbonyl (C=O) groups excluding carboxylic acids is 2. The fourth-order valence-electron chi connectivity index (χ4n) is 0.965. The molecule has 1 atom stereocenters. The number of esters is 1. The van der Waals surface area contributed by atoms with Crippen molar-refractivity contribution in [2.75, 3.05) is 0 Å². The van der Waals surface area contributed by atoms with Gasteiger partial charge in [0.2, 0.25) is 5.91 Å². The fraction of sp³-hybridized carbons (Fsp3) is 0.538. The lowest BCUT2D eigenvalue weighted by Gasteiger charge is -2.22. The molecule has 17 heavy (non-hydrogen) atoms. The number of carbonyl (C=O) groups is 2. The predicted molar refractivity (Wildman–Crippen MR) is 67.4 cm³/mol. The van der Waals surface area contributed by atoms with E-state index in [0.717, 1.165) is 0 Å². The normalized spacial score (nSPS) is 13.9. The maximum absolute atomic E-state index is 11.5. The molecule has 0 aromatic rings. The van der Waals surface area contributed by atoms with Crippen molar-refractivity contribution >= 4 is 11.9 Å². The van der Waals surface area contributed by atoms with E-state index in [9.17, 15) is 9.59 Å². The Kier molecular flexibility index (Phi) is 6.25. The van der Waals surface area contributed by atoms with E-state index in [4.69, 9.17) is 4.74 Å². The van der Waals surface area contributed by atoms with Crippen molar-refractivity contribution in [1.29, 1.82) is 0 Å². The van der Waals surface area contributed by atoms with Crippen LogP contribution >= 0.6 is 0 Å². The Morgan fingerprint density at radius 3 is 2.29 bits per heavy atom. The molecular weight excluding hydrogens is 218 g/mol. The molecule has 1 N–H and O–H groups in total. The number of ether oxygens (including phenoxy) is 1. The smallest absolute Gasteiger partial charge is 0.328 e. The molecule has 0 radical (unpaired) electrons. The van der Waals surface area contributed by atoms with E-state index in [2.05, 4.69) is 5.32 Å². The largest absolute Gasteiger partial charge is 0.458 e. The number of rotatable bonds is 4. The van der Waals surface area contributed by atoms with Gasteiger partial charge in [0.15, 0.2) is 0 Å². The lowest BCUT2D eigenvalue weighted by atomic mass is 10.2. The van der Waals surface area contributed by atoms with Crippen LogP contribution in [0, 0.1) is 0 Å². The Morgan fingerprint density at radius 1 is 1.24 bits per heavy atom. The number of amides is 1. The van der Waals surface area contributed by atoms with E-state index in [-0.39, 0.29) is 5.91 Å². The third-order valence-corrected chi connectivity index (χ3v) is 1.67. The number of allylic oxidation sites excluding steroid dienone is 3. The fourth-order valence-corrected chi connectivity index (χ4v) is 0.965. The summed E-state index contributed by atoms with van der Waals surface area (Å²) in [6, 6.07) is -0.656. The number of hydrogen-bond donors (Lipinski definition) is 1. The second-order valence-corrected chi connectivity index (χ2v) is 4.65. The Balaban J connectivity index is 4.21. The molecule has 0 rings (SSSR count). The molecule has 0 aromatic heterocycles. The summed E-state index contributed by atoms with van der Waals surface area (Å²) in [4.78, 5) is 22.9. The van der Waals surface area contributed by atoms with Gasteiger partial charge in [0.25, 0.3) is 0 Å². The van der Waals surface area contributed by atoms with Crippen LogP contribution in [0.15, 0.2) is 24.3 Å². The maximum Gasteiger partial charge on any atom is 0.328 e. The maximum atomic E-state index is 11.5. The average molecular weight is 239 g/mol. The van der Waals surface area contributed by atoms with Crippen molar-refractivity contribution in [3.63, 3.8) is 0 Å². The van der Waals surface area contributed by atoms with E-state index >= 15 is 0 Å². The summed E-state index contributed by atoms with van der Waals surface area (Å²) < 4.78 is 5.13. The van der Waals surface area contributed by atoms with Crippen molar-refractivity contribution in [1.82, 2.24) is 5.32 Å². The zero-order valence-corrected chi connectivity index (χ0v) is 11.1. The Bertz CT molecular complexity index is 324. The lowest BCUT2D eigenvalue weighted by Crippen LogP contribution is -2.41. The van der Waals surface area contributed by atoms with Gasteiger partial charge in [-0.25, -0.2) is 4.79 Å². The minimum Gasteiger partial charge on any atom is -0.458 e. The van der Waals surface area contributed by atoms with Crippen molar-refractivity contribution in [2.24, 2.45) is 0 Å². The Morgan fingerprint density at radius 2 is 1.82 bits per heavy atom. The van der Waals surface area contributed by atoms with E-state index in [1.807, 2.05) is 6.92 Å². The summed E-state index contributed by atoms with van der Waals surface area (Å²) in [6.45, 7) is 8.79. The molecule has 0 heterocycles. The average Bonchev–Trinajstić information content (AvgIpc) is 2.15. The quantitative estimate of drug-likeness (QED) is 0.463. The summed E-state index contributed by atoms with van der Waals surface area (Å²) in [5, 5.41) is 2.53. The number of hydrogen-bond acceptors (Lipinski definition) is 3. The van der Waals surface area contributed by atoms with Crippen LogP contribution in [-0.2, 0) is 14.3 Å². The zero-order valence-electron chi connectivity index (χ0n) is 11.1. The van der Waals surface area contributed by atoms with E-state index in [0.29, 0.717) is 0 Å². The third-order valence-electron chi connectivity index (χ3n) is 1.67. The van der Waals surface area contributed by atoms with Crippen LogP contribution in [-0.4, -0.2) is 23.5 Å². The number of nitrogens with one attached hydrogen (secondary N) is 1. The summed E-state index contributed by atoms with van der Waals surface area (Å²) in [5.41, 5.74) is -0.545. The predicted octanol–water partition coefficient (Wildman–Crippen LogP) is 1.97. The Hall–Kier alpha value is -1.58. The highest BCUT2D eigenvalue weighted by atomic mass is 16.6. The second-order valence-electron chi connectivity index (χ2n) is 4.65. The van der Waals surface area contributed by atoms with Crippen LogP contribution in [0.25, 0.3) is 0 Å². The minimum absolute atomic E-state index is 0.318. The molecule has 4 heteroatoms. The highest BCUT2D eigenvalue weighted by Crippen LogP contribution is 2.08. The van der Waals surface area contributed by atoms with Gasteiger partial charge >= 0.3 is 5.97 Å². The standard InChI is InChI=1S/C13H21NO3/c1-6-7-8-9-11(15)14-10(2)12(16)17-13(3,4)5/h6-10H,1-5H3,(H,14,15)/t10-/m0/s1. The van der Waals surface area contributed by atoms with Gasteiger partial charge in [-0.3, -0.25) is 4.79 Å². The highest BCUT2D eigenvalue weighted by molar-refractivity contribution is 5.91. The molecule has 0 spiro atoms. The molecule has 0 aliphatic heterocycles. The third kappa shape index (κ3) is 8.25. The van der Waals surface area contributed by atoms with Gasteiger partial charge in [-0.1, -0.05) is 18.2 Å². The highest BCUT2D eigenvalue weighted by Gasteiger charge is 2.22. The van der Waals surface area contributed by atoms with Gasteiger partial charge in [0.1, 0.15) is 11.6 Å². The zero-order chi connectivity index (χ0) is 13.5. The van der Waals surface area contributed by atoms with Gasteiger partial charge in [-0.15, -0.1) is 0 Å². The monoisotopic (exact) mass is 239 g/mol. The molecular formula is C13H21NO3. The molecule has 0 aliphatic rings. The molecule has 0 aliphatic carbocycles. The SMILES string of the molecule is CC=CC=CC(=O)N[C@@H](C)C(=O)OC(C)(C)C. The van der Waals surface area contributed by atoms with Gasteiger partial charge in [0.05, 0.1) is 0 Å². The first-order valence-corrected chi connectivity index (χ1v) is 5.59. The molecule has 0 unspecified atom stereocenters. The van der Waals surface area contributed by atoms with Crippen molar-refractivity contribution < 1.29 is 14.3 Å². The van der Waals surface area contributed by atoms with Crippen LogP contribution in [0.3, 0.4) is 0 Å². The topological polar surface area (TPSA) is 55.4 Å². The molecule has 0 bridgehead atoms. The van der Waals surface area contributed by atoms with Crippen LogP contribution in [0.5, 0.6) is 0 Å². The van der Waals surface area contributed by atoms with E-state index in [1.165, 1.54) is 6.08 Å². The van der Waals surface area contributed by atoms with Gasteiger partial charge < -0.3 is 10.1 Å². The summed E-state index contributed by atoms with van der Waals surface area (Å²) in [7, 11) is 0. The van der Waals surface area contributed by atoms with E-state index < -0.39 is 17.6 Å². The Labute approximate surface area is 103 Å². The van der Waals surface area contributed by atoms with Crippen LogP contribution < -0.4 is 5.32 Å². The molecule has 4 nitrogen and oxygen atoms in total. The molecule has 0 fully saturated rings. The molecule has 1 amide bonds. The lowest BCUT2D eigenvalue weighted by molar-refractivity contribution is -0.157.